The third kappa shape index (κ3) is 4.03. The summed E-state index contributed by atoms with van der Waals surface area (Å²) >= 11 is 0. The van der Waals surface area contributed by atoms with Crippen LogP contribution in [0.1, 0.15) is 31.7 Å². The van der Waals surface area contributed by atoms with E-state index in [1.54, 1.807) is 24.3 Å². The Bertz CT molecular complexity index is 987. The van der Waals surface area contributed by atoms with Gasteiger partial charge in [0.2, 0.25) is 5.91 Å². The van der Waals surface area contributed by atoms with Gasteiger partial charge in [0.25, 0.3) is 0 Å². The van der Waals surface area contributed by atoms with Crippen molar-refractivity contribution in [3.05, 3.63) is 54.1 Å². The van der Waals surface area contributed by atoms with Gasteiger partial charge in [0.15, 0.2) is 0 Å². The largest absolute Gasteiger partial charge is 0.497 e. The number of nitrogens with zero attached hydrogens (tertiary/aromatic N) is 2. The zero-order valence-electron chi connectivity index (χ0n) is 17.0. The molecule has 30 heavy (non-hydrogen) atoms. The molecule has 1 saturated heterocycles. The van der Waals surface area contributed by atoms with Crippen molar-refractivity contribution in [3.63, 3.8) is 0 Å². The number of urea groups is 1. The number of hydrogen-bond acceptors (Lipinski definition) is 5. The van der Waals surface area contributed by atoms with Gasteiger partial charge < -0.3 is 10.1 Å². The Morgan fingerprint density at radius 2 is 1.70 bits per heavy atom. The fraction of sp³-hybridized carbons (Fsp3) is 0.273. The van der Waals surface area contributed by atoms with Crippen LogP contribution in [0.2, 0.25) is 0 Å². The summed E-state index contributed by atoms with van der Waals surface area (Å²) in [5, 5.41) is 2.75. The lowest BCUT2D eigenvalue weighted by Gasteiger charge is -2.18. The first kappa shape index (κ1) is 21.0. The third-order valence-electron chi connectivity index (χ3n) is 5.06. The summed E-state index contributed by atoms with van der Waals surface area (Å²) < 4.78 is 5.05. The molecule has 0 bridgehead atoms. The number of imide groups is 2. The van der Waals surface area contributed by atoms with Crippen molar-refractivity contribution in [2.45, 2.75) is 26.2 Å². The molecular formula is C22H23N3O5. The maximum Gasteiger partial charge on any atom is 0.339 e. The highest BCUT2D eigenvalue weighted by Gasteiger charge is 2.46. The van der Waals surface area contributed by atoms with Crippen LogP contribution in [0, 0.1) is 0 Å². The molecule has 1 aliphatic heterocycles. The second-order valence-corrected chi connectivity index (χ2v) is 6.96. The van der Waals surface area contributed by atoms with Crippen molar-refractivity contribution in [1.82, 2.24) is 4.90 Å². The number of amides is 5. The first-order valence-corrected chi connectivity index (χ1v) is 9.60. The number of benzene rings is 2. The molecule has 0 aromatic heterocycles. The molecule has 1 heterocycles. The highest BCUT2D eigenvalue weighted by atomic mass is 16.5. The van der Waals surface area contributed by atoms with E-state index in [1.165, 1.54) is 19.2 Å². The first-order valence-electron chi connectivity index (χ1n) is 9.60. The van der Waals surface area contributed by atoms with Gasteiger partial charge in [-0.3, -0.25) is 14.4 Å². The normalized spacial score (nSPS) is 14.8. The molecule has 2 aromatic carbocycles. The summed E-state index contributed by atoms with van der Waals surface area (Å²) in [4.78, 5) is 51.3. The van der Waals surface area contributed by atoms with E-state index in [0.717, 1.165) is 16.9 Å². The molecule has 0 saturated carbocycles. The maximum atomic E-state index is 12.7. The number of carbonyl (C=O) groups is 4. The molecule has 8 heteroatoms. The van der Waals surface area contributed by atoms with Gasteiger partial charge in [0.05, 0.1) is 12.8 Å². The summed E-state index contributed by atoms with van der Waals surface area (Å²) in [6.07, 6.45) is 0.890. The Hall–Kier alpha value is -3.68. The smallest absolute Gasteiger partial charge is 0.339 e. The highest BCUT2D eigenvalue weighted by molar-refractivity contribution is 6.53. The average molecular weight is 409 g/mol. The minimum Gasteiger partial charge on any atom is -0.497 e. The van der Waals surface area contributed by atoms with Gasteiger partial charge in [-0.1, -0.05) is 32.0 Å². The second kappa shape index (κ2) is 8.77. The van der Waals surface area contributed by atoms with Crippen LogP contribution in [0.25, 0.3) is 0 Å². The molecule has 3 rings (SSSR count). The van der Waals surface area contributed by atoms with Crippen molar-refractivity contribution in [1.29, 1.82) is 0 Å². The van der Waals surface area contributed by atoms with E-state index in [0.29, 0.717) is 16.3 Å². The topological polar surface area (TPSA) is 96.0 Å². The molecule has 0 aliphatic carbocycles. The molecule has 1 N–H and O–H groups in total. The molecule has 2 aromatic rings. The van der Waals surface area contributed by atoms with E-state index >= 15 is 0 Å². The van der Waals surface area contributed by atoms with Crippen LogP contribution in [0.3, 0.4) is 0 Å². The molecule has 0 radical (unpaired) electrons. The number of para-hydroxylation sites is 1. The van der Waals surface area contributed by atoms with Crippen LogP contribution in [-0.2, 0) is 14.4 Å². The van der Waals surface area contributed by atoms with Crippen molar-refractivity contribution in [3.8, 4) is 5.75 Å². The zero-order chi connectivity index (χ0) is 21.8. The van der Waals surface area contributed by atoms with Crippen LogP contribution in [0.15, 0.2) is 48.5 Å². The van der Waals surface area contributed by atoms with Crippen LogP contribution in [0.4, 0.5) is 16.2 Å². The fourth-order valence-electron chi connectivity index (χ4n) is 3.20. The van der Waals surface area contributed by atoms with Crippen molar-refractivity contribution < 1.29 is 23.9 Å². The minimum absolute atomic E-state index is 0.226. The number of anilines is 2. The molecule has 0 spiro atoms. The number of ether oxygens (including phenoxy) is 1. The van der Waals surface area contributed by atoms with E-state index in [2.05, 4.69) is 5.32 Å². The number of nitrogens with one attached hydrogen (secondary N) is 1. The van der Waals surface area contributed by atoms with Gasteiger partial charge in [-0.15, -0.1) is 0 Å². The Morgan fingerprint density at radius 3 is 2.33 bits per heavy atom. The Labute approximate surface area is 174 Å². The van der Waals surface area contributed by atoms with E-state index in [-0.39, 0.29) is 11.6 Å². The van der Waals surface area contributed by atoms with E-state index in [4.69, 9.17) is 4.74 Å². The number of methoxy groups -OCH3 is 1. The van der Waals surface area contributed by atoms with Gasteiger partial charge in [0.1, 0.15) is 12.3 Å². The molecular weight excluding hydrogens is 386 g/mol. The van der Waals surface area contributed by atoms with Gasteiger partial charge in [-0.05, 0) is 48.2 Å². The zero-order valence-corrected chi connectivity index (χ0v) is 17.0. The monoisotopic (exact) mass is 409 g/mol. The fourth-order valence-corrected chi connectivity index (χ4v) is 3.20. The van der Waals surface area contributed by atoms with Crippen LogP contribution in [0.5, 0.6) is 5.75 Å². The lowest BCUT2D eigenvalue weighted by molar-refractivity contribution is -0.140. The summed E-state index contributed by atoms with van der Waals surface area (Å²) in [6, 6.07) is 12.6. The predicted octanol–water partition coefficient (Wildman–Crippen LogP) is 3.14. The molecule has 0 unspecified atom stereocenters. The van der Waals surface area contributed by atoms with Crippen molar-refractivity contribution >= 4 is 35.1 Å². The third-order valence-corrected chi connectivity index (χ3v) is 5.06. The Kier molecular flexibility index (Phi) is 6.15. The van der Waals surface area contributed by atoms with Gasteiger partial charge in [-0.2, -0.15) is 0 Å². The molecule has 1 fully saturated rings. The van der Waals surface area contributed by atoms with Gasteiger partial charge >= 0.3 is 17.8 Å². The summed E-state index contributed by atoms with van der Waals surface area (Å²) in [5.74, 6) is -1.83. The van der Waals surface area contributed by atoms with Crippen LogP contribution < -0.4 is 15.0 Å². The summed E-state index contributed by atoms with van der Waals surface area (Å²) in [5.41, 5.74) is 1.81. The molecule has 156 valence electrons. The van der Waals surface area contributed by atoms with Crippen molar-refractivity contribution in [2.24, 2.45) is 0 Å². The average Bonchev–Trinajstić information content (AvgIpc) is 2.96. The van der Waals surface area contributed by atoms with E-state index < -0.39 is 30.3 Å². The van der Waals surface area contributed by atoms with E-state index in [1.807, 2.05) is 26.0 Å². The summed E-state index contributed by atoms with van der Waals surface area (Å²) in [6.45, 7) is 3.54. The van der Waals surface area contributed by atoms with Gasteiger partial charge in [0, 0.05) is 5.69 Å². The standard InChI is InChI=1S/C22H23N3O5/c1-4-14(2)17-7-5-6-8-18(17)23-19(26)13-24-20(27)21(28)25(22(24)29)15-9-11-16(30-3)12-10-15/h5-12,14H,4,13H2,1-3H3,(H,23,26)/t14-/m0/s1. The number of hydrogen-bond donors (Lipinski definition) is 1. The highest BCUT2D eigenvalue weighted by Crippen LogP contribution is 2.27. The predicted molar refractivity (Wildman–Crippen MR) is 111 cm³/mol. The lowest BCUT2D eigenvalue weighted by Crippen LogP contribution is -2.39. The molecule has 5 amide bonds. The lowest BCUT2D eigenvalue weighted by atomic mass is 9.97. The number of carbonyl (C=O) groups excluding carboxylic acids is 4. The Morgan fingerprint density at radius 1 is 1.03 bits per heavy atom. The van der Waals surface area contributed by atoms with Gasteiger partial charge in [-0.25, -0.2) is 14.6 Å². The first-order chi connectivity index (χ1) is 14.4. The molecule has 1 aliphatic rings. The Balaban J connectivity index is 1.75. The quantitative estimate of drug-likeness (QED) is 0.560. The number of rotatable bonds is 7. The summed E-state index contributed by atoms with van der Waals surface area (Å²) in [7, 11) is 1.49. The van der Waals surface area contributed by atoms with Crippen LogP contribution >= 0.6 is 0 Å². The maximum absolute atomic E-state index is 12.7. The second-order valence-electron chi connectivity index (χ2n) is 6.96. The minimum atomic E-state index is -1.04. The molecule has 1 atom stereocenters. The SMILES string of the molecule is CC[C@H](C)c1ccccc1NC(=O)CN1C(=O)C(=O)N(c2ccc(OC)cc2)C1=O. The molecule has 8 nitrogen and oxygen atoms in total. The van der Waals surface area contributed by atoms with Crippen LogP contribution in [-0.4, -0.2) is 42.3 Å². The van der Waals surface area contributed by atoms with E-state index in [9.17, 15) is 19.2 Å². The van der Waals surface area contributed by atoms with Crippen molar-refractivity contribution in [2.75, 3.05) is 23.9 Å².